The van der Waals surface area contributed by atoms with Gasteiger partial charge in [0.25, 0.3) is 0 Å². The van der Waals surface area contributed by atoms with Crippen LogP contribution in [0, 0.1) is 6.92 Å². The Labute approximate surface area is 128 Å². The Balaban J connectivity index is 1.71. The van der Waals surface area contributed by atoms with Crippen LogP contribution in [-0.2, 0) is 0 Å². The van der Waals surface area contributed by atoms with Gasteiger partial charge in [-0.15, -0.1) is 0 Å². The summed E-state index contributed by atoms with van der Waals surface area (Å²) >= 11 is 0. The molecule has 0 saturated heterocycles. The zero-order chi connectivity index (χ0) is 14.9. The first kappa shape index (κ1) is 13.1. The molecule has 0 aliphatic heterocycles. The van der Waals surface area contributed by atoms with Gasteiger partial charge in [-0.25, -0.2) is 4.98 Å². The van der Waals surface area contributed by atoms with Crippen LogP contribution in [0.3, 0.4) is 0 Å². The first-order valence-electron chi connectivity index (χ1n) is 7.59. The van der Waals surface area contributed by atoms with E-state index in [1.54, 1.807) is 6.20 Å². The van der Waals surface area contributed by atoms with E-state index in [2.05, 4.69) is 31.9 Å². The third kappa shape index (κ3) is 2.47. The molecule has 22 heavy (non-hydrogen) atoms. The number of H-pyrrole nitrogens is 1. The van der Waals surface area contributed by atoms with E-state index in [-0.39, 0.29) is 0 Å². The lowest BCUT2D eigenvalue weighted by Crippen LogP contribution is -2.27. The van der Waals surface area contributed by atoms with Crippen molar-refractivity contribution in [2.45, 2.75) is 32.2 Å². The van der Waals surface area contributed by atoms with Crippen LogP contribution >= 0.6 is 0 Å². The molecule has 1 fully saturated rings. The van der Waals surface area contributed by atoms with Crippen molar-refractivity contribution < 1.29 is 0 Å². The van der Waals surface area contributed by atoms with Crippen LogP contribution < -0.4 is 10.6 Å². The minimum Gasteiger partial charge on any atom is -0.367 e. The lowest BCUT2D eigenvalue weighted by Gasteiger charge is -2.27. The standard InChI is InChI=1S/C16H18N6/c1-10-8-15(22-21-10)19-14-9-13-12(6-3-7-17-13)16(20-14)18-11-4-2-5-11/h3,6-9,11H,2,4-5H2,1H3,(H3,18,19,20,21,22). The van der Waals surface area contributed by atoms with Crippen LogP contribution in [0.5, 0.6) is 0 Å². The zero-order valence-electron chi connectivity index (χ0n) is 12.4. The number of aryl methyl sites for hydroxylation is 1. The predicted molar refractivity (Wildman–Crippen MR) is 87.4 cm³/mol. The Morgan fingerprint density at radius 3 is 2.86 bits per heavy atom. The summed E-state index contributed by atoms with van der Waals surface area (Å²) in [4.78, 5) is 9.16. The SMILES string of the molecule is Cc1cc(Nc2cc3ncccc3c(NC3CCC3)n2)n[nH]1. The first-order valence-corrected chi connectivity index (χ1v) is 7.59. The van der Waals surface area contributed by atoms with Crippen LogP contribution in [0.4, 0.5) is 17.5 Å². The van der Waals surface area contributed by atoms with Crippen LogP contribution in [-0.4, -0.2) is 26.2 Å². The summed E-state index contributed by atoms with van der Waals surface area (Å²) in [6.07, 6.45) is 5.51. The highest BCUT2D eigenvalue weighted by atomic mass is 15.2. The van der Waals surface area contributed by atoms with E-state index in [0.717, 1.165) is 34.1 Å². The van der Waals surface area contributed by atoms with Crippen LogP contribution in [0.15, 0.2) is 30.5 Å². The third-order valence-electron chi connectivity index (χ3n) is 4.01. The molecular weight excluding hydrogens is 276 g/mol. The number of hydrogen-bond donors (Lipinski definition) is 3. The Kier molecular flexibility index (Phi) is 3.14. The molecule has 0 bridgehead atoms. The zero-order valence-corrected chi connectivity index (χ0v) is 12.4. The van der Waals surface area contributed by atoms with Gasteiger partial charge in [0, 0.05) is 35.5 Å². The summed E-state index contributed by atoms with van der Waals surface area (Å²) in [6.45, 7) is 1.97. The minimum atomic E-state index is 0.527. The van der Waals surface area contributed by atoms with Crippen LogP contribution in [0.2, 0.25) is 0 Å². The second-order valence-electron chi connectivity index (χ2n) is 5.76. The smallest absolute Gasteiger partial charge is 0.153 e. The topological polar surface area (TPSA) is 78.5 Å². The number of nitrogens with zero attached hydrogens (tertiary/aromatic N) is 3. The maximum absolute atomic E-state index is 4.71. The monoisotopic (exact) mass is 294 g/mol. The van der Waals surface area contributed by atoms with Crippen molar-refractivity contribution in [3.05, 3.63) is 36.2 Å². The Morgan fingerprint density at radius 1 is 1.23 bits per heavy atom. The highest BCUT2D eigenvalue weighted by Crippen LogP contribution is 2.29. The highest BCUT2D eigenvalue weighted by molar-refractivity contribution is 5.91. The molecular formula is C16H18N6. The molecule has 1 saturated carbocycles. The fraction of sp³-hybridized carbons (Fsp3) is 0.312. The van der Waals surface area contributed by atoms with Gasteiger partial charge < -0.3 is 10.6 Å². The van der Waals surface area contributed by atoms with Crippen molar-refractivity contribution >= 4 is 28.4 Å². The van der Waals surface area contributed by atoms with Crippen molar-refractivity contribution in [1.82, 2.24) is 20.2 Å². The normalized spacial score (nSPS) is 14.8. The van der Waals surface area contributed by atoms with Gasteiger partial charge in [-0.1, -0.05) is 0 Å². The summed E-state index contributed by atoms with van der Waals surface area (Å²) in [5.74, 6) is 2.40. The number of hydrogen-bond acceptors (Lipinski definition) is 5. The van der Waals surface area contributed by atoms with Gasteiger partial charge >= 0.3 is 0 Å². The van der Waals surface area contributed by atoms with Crippen molar-refractivity contribution in [2.75, 3.05) is 10.6 Å². The van der Waals surface area contributed by atoms with E-state index in [0.29, 0.717) is 6.04 Å². The number of fused-ring (bicyclic) bond motifs is 1. The van der Waals surface area contributed by atoms with Crippen LogP contribution in [0.1, 0.15) is 25.0 Å². The summed E-state index contributed by atoms with van der Waals surface area (Å²) in [6, 6.07) is 8.42. The molecule has 0 amide bonds. The summed E-state index contributed by atoms with van der Waals surface area (Å²) < 4.78 is 0. The molecule has 0 aromatic carbocycles. The van der Waals surface area contributed by atoms with Gasteiger partial charge in [-0.05, 0) is 38.3 Å². The van der Waals surface area contributed by atoms with Gasteiger partial charge in [0.1, 0.15) is 11.6 Å². The second kappa shape index (κ2) is 5.29. The van der Waals surface area contributed by atoms with Crippen LogP contribution in [0.25, 0.3) is 10.9 Å². The molecule has 0 spiro atoms. The molecule has 0 unspecified atom stereocenters. The van der Waals surface area contributed by atoms with E-state index >= 15 is 0 Å². The van der Waals surface area contributed by atoms with Gasteiger partial charge in [0.15, 0.2) is 5.82 Å². The number of nitrogens with one attached hydrogen (secondary N) is 3. The van der Waals surface area contributed by atoms with Gasteiger partial charge in [-0.2, -0.15) is 5.10 Å². The molecule has 1 aliphatic rings. The lowest BCUT2D eigenvalue weighted by atomic mass is 9.93. The first-order chi connectivity index (χ1) is 10.8. The number of aromatic amines is 1. The van der Waals surface area contributed by atoms with Crippen molar-refractivity contribution in [1.29, 1.82) is 0 Å². The second-order valence-corrected chi connectivity index (χ2v) is 5.76. The lowest BCUT2D eigenvalue weighted by molar-refractivity contribution is 0.445. The maximum Gasteiger partial charge on any atom is 0.153 e. The number of aromatic nitrogens is 4. The molecule has 6 nitrogen and oxygen atoms in total. The fourth-order valence-electron chi connectivity index (χ4n) is 2.61. The molecule has 3 N–H and O–H groups in total. The molecule has 4 rings (SSSR count). The molecule has 112 valence electrons. The Morgan fingerprint density at radius 2 is 2.14 bits per heavy atom. The van der Waals surface area contributed by atoms with Crippen molar-refractivity contribution in [2.24, 2.45) is 0 Å². The molecule has 3 aromatic rings. The number of anilines is 3. The van der Waals surface area contributed by atoms with E-state index in [9.17, 15) is 0 Å². The molecule has 6 heteroatoms. The van der Waals surface area contributed by atoms with Gasteiger partial charge in [0.2, 0.25) is 0 Å². The molecule has 1 aliphatic carbocycles. The molecule has 0 radical (unpaired) electrons. The number of pyridine rings is 2. The Bertz CT molecular complexity index is 805. The quantitative estimate of drug-likeness (QED) is 0.687. The summed E-state index contributed by atoms with van der Waals surface area (Å²) in [7, 11) is 0. The minimum absolute atomic E-state index is 0.527. The predicted octanol–water partition coefficient (Wildman–Crippen LogP) is 3.37. The van der Waals surface area contributed by atoms with E-state index in [1.807, 2.05) is 25.1 Å². The maximum atomic E-state index is 4.71. The van der Waals surface area contributed by atoms with Crippen molar-refractivity contribution in [3.63, 3.8) is 0 Å². The van der Waals surface area contributed by atoms with E-state index < -0.39 is 0 Å². The molecule has 3 aromatic heterocycles. The third-order valence-corrected chi connectivity index (χ3v) is 4.01. The van der Waals surface area contributed by atoms with E-state index in [4.69, 9.17) is 4.98 Å². The largest absolute Gasteiger partial charge is 0.367 e. The summed E-state index contributed by atoms with van der Waals surface area (Å²) in [5.41, 5.74) is 1.93. The highest BCUT2D eigenvalue weighted by Gasteiger charge is 2.19. The number of rotatable bonds is 4. The fourth-order valence-corrected chi connectivity index (χ4v) is 2.61. The molecule has 0 atom stereocenters. The van der Waals surface area contributed by atoms with E-state index in [1.165, 1.54) is 19.3 Å². The average molecular weight is 294 g/mol. The summed E-state index contributed by atoms with van der Waals surface area (Å²) in [5, 5.41) is 14.9. The average Bonchev–Trinajstić information content (AvgIpc) is 2.88. The Hall–Kier alpha value is -2.63. The van der Waals surface area contributed by atoms with Crippen molar-refractivity contribution in [3.8, 4) is 0 Å². The molecule has 3 heterocycles. The van der Waals surface area contributed by atoms with Gasteiger partial charge in [-0.3, -0.25) is 10.1 Å². The van der Waals surface area contributed by atoms with Gasteiger partial charge in [0.05, 0.1) is 5.52 Å².